The molecule has 1 atom stereocenters. The Morgan fingerprint density at radius 3 is 2.05 bits per heavy atom. The number of hydrogen-bond acceptors (Lipinski definition) is 2. The first kappa shape index (κ1) is 18.9. The molecule has 0 aromatic heterocycles. The van der Waals surface area contributed by atoms with Crippen molar-refractivity contribution in [1.29, 1.82) is 0 Å². The van der Waals surface area contributed by atoms with Crippen LogP contribution in [0.25, 0.3) is 0 Å². The Balaban J connectivity index is 0.000000711. The Hall–Kier alpha value is -0.150. The zero-order valence-electron chi connectivity index (χ0n) is 10.7. The summed E-state index contributed by atoms with van der Waals surface area (Å²) in [6, 6.07) is 3.36. The van der Waals surface area contributed by atoms with Crippen LogP contribution in [-0.4, -0.2) is 26.3 Å². The lowest BCUT2D eigenvalue weighted by atomic mass is 10.2. The van der Waals surface area contributed by atoms with Gasteiger partial charge in [-0.25, -0.2) is 0 Å². The maximum Gasteiger partial charge on any atom is 0.416 e. The lowest BCUT2D eigenvalue weighted by molar-refractivity contribution is -0.151. The molecule has 0 spiro atoms. The van der Waals surface area contributed by atoms with E-state index in [1.165, 1.54) is 19.4 Å². The van der Waals surface area contributed by atoms with Crippen LogP contribution in [0.2, 0.25) is 0 Å². The lowest BCUT2D eigenvalue weighted by Gasteiger charge is -2.12. The van der Waals surface area contributed by atoms with Gasteiger partial charge in [0.25, 0.3) is 0 Å². The maximum absolute atomic E-state index is 12.4. The Bertz CT molecular complexity index is 505. The van der Waals surface area contributed by atoms with Crippen molar-refractivity contribution in [1.82, 2.24) is 0 Å². The van der Waals surface area contributed by atoms with E-state index < -0.39 is 26.7 Å². The van der Waals surface area contributed by atoms with Gasteiger partial charge in [-0.1, -0.05) is 15.9 Å². The summed E-state index contributed by atoms with van der Waals surface area (Å²) in [5.74, 6) is 0. The van der Waals surface area contributed by atoms with E-state index in [9.17, 15) is 22.6 Å². The zero-order chi connectivity index (χ0) is 15.4. The molecule has 0 fully saturated rings. The average Bonchev–Trinajstić information content (AvgIpc) is 2.12. The highest BCUT2D eigenvalue weighted by Crippen LogP contribution is 2.38. The molecule has 1 aromatic rings. The molecule has 8 heteroatoms. The van der Waals surface area contributed by atoms with Gasteiger partial charge in [0.2, 0.25) is 0 Å². The SMILES string of the molecule is C=[P+](C)[O-].CP(C)(=O)c1cc(Br)cc(C(F)(F)F)c1. The fourth-order valence-electron chi connectivity index (χ4n) is 1.05. The Labute approximate surface area is 120 Å². The van der Waals surface area contributed by atoms with Crippen LogP contribution in [0.15, 0.2) is 22.7 Å². The third-order valence-corrected chi connectivity index (χ3v) is 3.79. The van der Waals surface area contributed by atoms with Gasteiger partial charge >= 0.3 is 6.18 Å². The Kier molecular flexibility index (Phi) is 6.97. The zero-order valence-corrected chi connectivity index (χ0v) is 14.0. The van der Waals surface area contributed by atoms with Crippen LogP contribution in [0.3, 0.4) is 0 Å². The summed E-state index contributed by atoms with van der Waals surface area (Å²) < 4.78 is 49.2. The van der Waals surface area contributed by atoms with Crippen molar-refractivity contribution in [3.05, 3.63) is 28.2 Å². The highest BCUT2D eigenvalue weighted by atomic mass is 79.9. The normalized spacial score (nSPS) is 12.5. The number of hydrogen-bond donors (Lipinski definition) is 0. The molecule has 0 radical (unpaired) electrons. The molecule has 0 aliphatic heterocycles. The van der Waals surface area contributed by atoms with E-state index >= 15 is 0 Å². The predicted octanol–water partition coefficient (Wildman–Crippen LogP) is 3.52. The number of halogens is 4. The highest BCUT2D eigenvalue weighted by molar-refractivity contribution is 9.10. The highest BCUT2D eigenvalue weighted by Gasteiger charge is 2.32. The largest absolute Gasteiger partial charge is 0.631 e. The molecule has 0 saturated heterocycles. The Morgan fingerprint density at radius 2 is 1.74 bits per heavy atom. The summed E-state index contributed by atoms with van der Waals surface area (Å²) in [4.78, 5) is 9.48. The standard InChI is InChI=1S/C9H9BrF3OP.C2H5OP/c1-15(2,14)8-4-6(9(11,12)13)3-7(10)5-8;1-4(2)3/h3-5H,1-2H3;1H2,2H3. The van der Waals surface area contributed by atoms with E-state index in [2.05, 4.69) is 22.2 Å². The maximum atomic E-state index is 12.4. The summed E-state index contributed by atoms with van der Waals surface area (Å²) in [7, 11) is -3.79. The minimum atomic E-state index is -4.41. The van der Waals surface area contributed by atoms with Crippen molar-refractivity contribution in [3.8, 4) is 0 Å². The third-order valence-electron chi connectivity index (χ3n) is 1.83. The van der Waals surface area contributed by atoms with Crippen molar-refractivity contribution in [3.63, 3.8) is 0 Å². The summed E-state index contributed by atoms with van der Waals surface area (Å²) in [5, 5.41) is 0.226. The van der Waals surface area contributed by atoms with Gasteiger partial charge in [-0.05, 0) is 31.5 Å². The molecule has 1 rings (SSSR count). The van der Waals surface area contributed by atoms with E-state index in [0.29, 0.717) is 0 Å². The fourth-order valence-corrected chi connectivity index (χ4v) is 2.62. The van der Waals surface area contributed by atoms with Crippen molar-refractivity contribution in [2.45, 2.75) is 6.18 Å². The van der Waals surface area contributed by atoms with Crippen LogP contribution in [0.4, 0.5) is 13.2 Å². The molecule has 0 aliphatic carbocycles. The monoisotopic (exact) mass is 376 g/mol. The van der Waals surface area contributed by atoms with E-state index in [1.807, 2.05) is 0 Å². The number of benzene rings is 1. The van der Waals surface area contributed by atoms with Gasteiger partial charge in [-0.15, -0.1) is 0 Å². The molecule has 19 heavy (non-hydrogen) atoms. The van der Waals surface area contributed by atoms with Crippen LogP contribution in [-0.2, 0) is 10.7 Å². The minimum Gasteiger partial charge on any atom is -0.631 e. The van der Waals surface area contributed by atoms with Gasteiger partial charge < -0.3 is 9.46 Å². The summed E-state index contributed by atoms with van der Waals surface area (Å²) in [6.45, 7) is 4.44. The van der Waals surface area contributed by atoms with E-state index in [-0.39, 0.29) is 9.78 Å². The van der Waals surface area contributed by atoms with E-state index in [1.54, 1.807) is 6.66 Å². The van der Waals surface area contributed by atoms with E-state index in [4.69, 9.17) is 0 Å². The molecule has 0 bridgehead atoms. The molecule has 2 nitrogen and oxygen atoms in total. The number of alkyl halides is 3. The first-order valence-corrected chi connectivity index (χ1v) is 10.3. The third kappa shape index (κ3) is 7.88. The van der Waals surface area contributed by atoms with Gasteiger partial charge in [0.15, 0.2) is 0 Å². The second-order valence-electron chi connectivity index (χ2n) is 4.17. The lowest BCUT2D eigenvalue weighted by Crippen LogP contribution is -2.11. The van der Waals surface area contributed by atoms with Crippen molar-refractivity contribution < 1.29 is 22.6 Å². The van der Waals surface area contributed by atoms with Crippen LogP contribution in [0.1, 0.15) is 5.56 Å². The minimum absolute atomic E-state index is 0.226. The van der Waals surface area contributed by atoms with Crippen molar-refractivity contribution in [2.24, 2.45) is 0 Å². The molecule has 0 N–H and O–H groups in total. The smallest absolute Gasteiger partial charge is 0.416 e. The average molecular weight is 377 g/mol. The first-order chi connectivity index (χ1) is 8.34. The molecule has 0 heterocycles. The Morgan fingerprint density at radius 1 is 1.32 bits per heavy atom. The molecular formula is C11H14BrF3O2P2. The first-order valence-electron chi connectivity index (χ1n) is 4.98. The van der Waals surface area contributed by atoms with Crippen molar-refractivity contribution in [2.75, 3.05) is 20.0 Å². The predicted molar refractivity (Wildman–Crippen MR) is 78.2 cm³/mol. The van der Waals surface area contributed by atoms with Gasteiger partial charge in [-0.3, -0.25) is 0 Å². The van der Waals surface area contributed by atoms with E-state index in [0.717, 1.165) is 12.1 Å². The number of rotatable bonds is 1. The van der Waals surface area contributed by atoms with Crippen LogP contribution < -0.4 is 10.2 Å². The summed E-state index contributed by atoms with van der Waals surface area (Å²) in [5.41, 5.74) is -0.782. The van der Waals surface area contributed by atoms with Gasteiger partial charge in [-0.2, -0.15) is 13.2 Å². The molecule has 0 saturated carbocycles. The molecule has 1 aromatic carbocycles. The second kappa shape index (κ2) is 7.03. The molecular weight excluding hydrogens is 363 g/mol. The van der Waals surface area contributed by atoms with Crippen LogP contribution in [0.5, 0.6) is 0 Å². The molecule has 0 amide bonds. The van der Waals surface area contributed by atoms with Gasteiger partial charge in [0.1, 0.15) is 7.14 Å². The van der Waals surface area contributed by atoms with Crippen LogP contribution in [0, 0.1) is 0 Å². The molecule has 0 aliphatic rings. The van der Waals surface area contributed by atoms with Crippen LogP contribution >= 0.6 is 30.8 Å². The summed E-state index contributed by atoms with van der Waals surface area (Å²) in [6.07, 6.45) is -1.26. The molecule has 108 valence electrons. The summed E-state index contributed by atoms with van der Waals surface area (Å²) >= 11 is 2.98. The molecule has 1 unspecified atom stereocenters. The second-order valence-corrected chi connectivity index (χ2v) is 9.56. The fraction of sp³-hybridized carbons (Fsp3) is 0.364. The quantitative estimate of drug-likeness (QED) is 0.703. The van der Waals surface area contributed by atoms with Crippen molar-refractivity contribution >= 4 is 42.4 Å². The topological polar surface area (TPSA) is 40.1 Å². The van der Waals surface area contributed by atoms with Gasteiger partial charge in [0, 0.05) is 17.5 Å². The van der Waals surface area contributed by atoms with Gasteiger partial charge in [0.05, 0.1) is 18.5 Å².